The summed E-state index contributed by atoms with van der Waals surface area (Å²) in [5.74, 6) is 1.98. The summed E-state index contributed by atoms with van der Waals surface area (Å²) in [6.07, 6.45) is 7.04. The topological polar surface area (TPSA) is 12.0 Å². The van der Waals surface area contributed by atoms with E-state index in [9.17, 15) is 0 Å². The predicted molar refractivity (Wildman–Crippen MR) is 54.3 cm³/mol. The molecule has 0 spiro atoms. The number of hydrogen-bond donors (Lipinski definition) is 1. The van der Waals surface area contributed by atoms with Crippen molar-refractivity contribution in [2.24, 2.45) is 11.8 Å². The van der Waals surface area contributed by atoms with E-state index in [2.05, 4.69) is 19.2 Å². The van der Waals surface area contributed by atoms with E-state index in [0.717, 1.165) is 11.8 Å². The minimum absolute atomic E-state index is 0.965. The normalized spacial score (nSPS) is 22.5. The van der Waals surface area contributed by atoms with Gasteiger partial charge in [0.2, 0.25) is 0 Å². The highest BCUT2D eigenvalue weighted by molar-refractivity contribution is 4.73. The van der Waals surface area contributed by atoms with Crippen molar-refractivity contribution in [2.45, 2.75) is 46.0 Å². The van der Waals surface area contributed by atoms with E-state index in [0.29, 0.717) is 0 Å². The molecular weight excluding hydrogens is 146 g/mol. The maximum absolute atomic E-state index is 3.43. The van der Waals surface area contributed by atoms with Gasteiger partial charge in [-0.05, 0) is 37.8 Å². The molecule has 1 aliphatic heterocycles. The third kappa shape index (κ3) is 3.14. The summed E-state index contributed by atoms with van der Waals surface area (Å²) in [6.45, 7) is 7.23. The molecule has 1 nitrogen and oxygen atoms in total. The van der Waals surface area contributed by atoms with Crippen molar-refractivity contribution < 1.29 is 0 Å². The van der Waals surface area contributed by atoms with Crippen LogP contribution in [0.5, 0.6) is 0 Å². The van der Waals surface area contributed by atoms with Crippen LogP contribution in [0, 0.1) is 11.8 Å². The highest BCUT2D eigenvalue weighted by Gasteiger charge is 2.18. The zero-order valence-corrected chi connectivity index (χ0v) is 8.60. The van der Waals surface area contributed by atoms with Crippen LogP contribution in [0.2, 0.25) is 0 Å². The Morgan fingerprint density at radius 2 is 2.00 bits per heavy atom. The lowest BCUT2D eigenvalue weighted by atomic mass is 9.83. The monoisotopic (exact) mass is 169 g/mol. The first-order valence-electron chi connectivity index (χ1n) is 5.55. The second kappa shape index (κ2) is 5.58. The predicted octanol–water partition coefficient (Wildman–Crippen LogP) is 2.81. The van der Waals surface area contributed by atoms with E-state index in [4.69, 9.17) is 0 Å². The van der Waals surface area contributed by atoms with E-state index >= 15 is 0 Å². The first kappa shape index (κ1) is 10.0. The Hall–Kier alpha value is -0.0400. The van der Waals surface area contributed by atoms with Gasteiger partial charge >= 0.3 is 0 Å². The summed E-state index contributed by atoms with van der Waals surface area (Å²) < 4.78 is 0. The van der Waals surface area contributed by atoms with E-state index in [1.54, 1.807) is 0 Å². The standard InChI is InChI=1S/C11H23N/c1-3-4-5-10(2)11-6-8-12-9-7-11/h10-12H,3-9H2,1-2H3. The van der Waals surface area contributed by atoms with Crippen molar-refractivity contribution in [1.82, 2.24) is 5.32 Å². The number of rotatable bonds is 4. The molecule has 0 aliphatic carbocycles. The van der Waals surface area contributed by atoms with Gasteiger partial charge in [-0.2, -0.15) is 0 Å². The lowest BCUT2D eigenvalue weighted by molar-refractivity contribution is 0.259. The Labute approximate surface area is 76.9 Å². The van der Waals surface area contributed by atoms with Crippen LogP contribution in [0.1, 0.15) is 46.0 Å². The maximum Gasteiger partial charge on any atom is -0.00462 e. The van der Waals surface area contributed by atoms with Gasteiger partial charge in [-0.25, -0.2) is 0 Å². The summed E-state index contributed by atoms with van der Waals surface area (Å²) in [4.78, 5) is 0. The van der Waals surface area contributed by atoms with Crippen LogP contribution in [0.15, 0.2) is 0 Å². The molecule has 1 saturated heterocycles. The second-order valence-electron chi connectivity index (χ2n) is 4.21. The van der Waals surface area contributed by atoms with Crippen molar-refractivity contribution in [3.63, 3.8) is 0 Å². The van der Waals surface area contributed by atoms with Gasteiger partial charge in [0.25, 0.3) is 0 Å². The molecule has 0 aromatic heterocycles. The van der Waals surface area contributed by atoms with E-state index in [-0.39, 0.29) is 0 Å². The Morgan fingerprint density at radius 1 is 1.33 bits per heavy atom. The van der Waals surface area contributed by atoms with Gasteiger partial charge in [-0.3, -0.25) is 0 Å². The van der Waals surface area contributed by atoms with Crippen molar-refractivity contribution in [1.29, 1.82) is 0 Å². The summed E-state index contributed by atoms with van der Waals surface area (Å²) in [5.41, 5.74) is 0. The van der Waals surface area contributed by atoms with E-state index in [1.165, 1.54) is 45.2 Å². The molecule has 0 radical (unpaired) electrons. The van der Waals surface area contributed by atoms with E-state index < -0.39 is 0 Å². The second-order valence-corrected chi connectivity index (χ2v) is 4.21. The summed E-state index contributed by atoms with van der Waals surface area (Å²) in [7, 11) is 0. The molecular formula is C11H23N. The van der Waals surface area contributed by atoms with Crippen LogP contribution >= 0.6 is 0 Å². The molecule has 1 rings (SSSR count). The van der Waals surface area contributed by atoms with Crippen LogP contribution < -0.4 is 5.32 Å². The first-order chi connectivity index (χ1) is 5.84. The maximum atomic E-state index is 3.43. The number of unbranched alkanes of at least 4 members (excludes halogenated alkanes) is 1. The summed E-state index contributed by atoms with van der Waals surface area (Å²) in [5, 5.41) is 3.43. The number of piperidine rings is 1. The van der Waals surface area contributed by atoms with Gasteiger partial charge in [0.1, 0.15) is 0 Å². The van der Waals surface area contributed by atoms with Crippen molar-refractivity contribution in [3.8, 4) is 0 Å². The summed E-state index contributed by atoms with van der Waals surface area (Å²) >= 11 is 0. The molecule has 1 N–H and O–H groups in total. The van der Waals surface area contributed by atoms with Gasteiger partial charge < -0.3 is 5.32 Å². The molecule has 1 atom stereocenters. The molecule has 1 unspecified atom stereocenters. The fraction of sp³-hybridized carbons (Fsp3) is 1.00. The molecule has 0 amide bonds. The first-order valence-corrected chi connectivity index (χ1v) is 5.55. The van der Waals surface area contributed by atoms with Crippen LogP contribution in [0.3, 0.4) is 0 Å². The Balaban J connectivity index is 2.15. The Bertz CT molecular complexity index is 106. The quantitative estimate of drug-likeness (QED) is 0.682. The Morgan fingerprint density at radius 3 is 2.58 bits per heavy atom. The van der Waals surface area contributed by atoms with Crippen LogP contribution in [0.25, 0.3) is 0 Å². The largest absolute Gasteiger partial charge is 0.317 e. The molecule has 1 heterocycles. The molecule has 72 valence electrons. The molecule has 12 heavy (non-hydrogen) atoms. The zero-order valence-electron chi connectivity index (χ0n) is 8.60. The minimum atomic E-state index is 0.965. The van der Waals surface area contributed by atoms with Crippen molar-refractivity contribution >= 4 is 0 Å². The SMILES string of the molecule is CCCCC(C)C1CCNCC1. The zero-order chi connectivity index (χ0) is 8.81. The fourth-order valence-corrected chi connectivity index (χ4v) is 2.18. The van der Waals surface area contributed by atoms with Gasteiger partial charge in [-0.1, -0.05) is 33.1 Å². The van der Waals surface area contributed by atoms with Crippen molar-refractivity contribution in [2.75, 3.05) is 13.1 Å². The van der Waals surface area contributed by atoms with Crippen molar-refractivity contribution in [3.05, 3.63) is 0 Å². The summed E-state index contributed by atoms with van der Waals surface area (Å²) in [6, 6.07) is 0. The molecule has 0 saturated carbocycles. The molecule has 0 bridgehead atoms. The molecule has 0 aromatic carbocycles. The number of nitrogens with one attached hydrogen (secondary N) is 1. The molecule has 1 heteroatoms. The highest BCUT2D eigenvalue weighted by Crippen LogP contribution is 2.25. The molecule has 0 aromatic rings. The fourth-order valence-electron chi connectivity index (χ4n) is 2.18. The molecule has 1 aliphatic rings. The lowest BCUT2D eigenvalue weighted by Crippen LogP contribution is -2.30. The third-order valence-corrected chi connectivity index (χ3v) is 3.20. The average molecular weight is 169 g/mol. The van der Waals surface area contributed by atoms with Gasteiger partial charge in [0.15, 0.2) is 0 Å². The molecule has 1 fully saturated rings. The smallest absolute Gasteiger partial charge is 0.00462 e. The highest BCUT2D eigenvalue weighted by atomic mass is 14.9. The lowest BCUT2D eigenvalue weighted by Gasteiger charge is -2.28. The third-order valence-electron chi connectivity index (χ3n) is 3.20. The van der Waals surface area contributed by atoms with Gasteiger partial charge in [0, 0.05) is 0 Å². The minimum Gasteiger partial charge on any atom is -0.317 e. The van der Waals surface area contributed by atoms with Crippen LogP contribution in [-0.2, 0) is 0 Å². The Kier molecular flexibility index (Phi) is 4.67. The van der Waals surface area contributed by atoms with Gasteiger partial charge in [-0.15, -0.1) is 0 Å². The van der Waals surface area contributed by atoms with Gasteiger partial charge in [0.05, 0.1) is 0 Å². The van der Waals surface area contributed by atoms with Crippen LogP contribution in [-0.4, -0.2) is 13.1 Å². The number of hydrogen-bond acceptors (Lipinski definition) is 1. The van der Waals surface area contributed by atoms with Crippen LogP contribution in [0.4, 0.5) is 0 Å². The average Bonchev–Trinajstić information content (AvgIpc) is 2.15. The van der Waals surface area contributed by atoms with E-state index in [1.807, 2.05) is 0 Å².